The summed E-state index contributed by atoms with van der Waals surface area (Å²) in [5.74, 6) is -3.27. The van der Waals surface area contributed by atoms with E-state index >= 15 is 0 Å². The summed E-state index contributed by atoms with van der Waals surface area (Å²) < 4.78 is 63.0. The number of hydrogen-bond acceptors (Lipinski definition) is 6. The van der Waals surface area contributed by atoms with E-state index in [-0.39, 0.29) is 13.0 Å². The third-order valence-electron chi connectivity index (χ3n) is 2.53. The van der Waals surface area contributed by atoms with Crippen molar-refractivity contribution in [1.29, 1.82) is 0 Å². The molecule has 1 aromatic rings. The van der Waals surface area contributed by atoms with Gasteiger partial charge in [-0.2, -0.15) is 13.2 Å². The zero-order chi connectivity index (χ0) is 15.1. The van der Waals surface area contributed by atoms with Crippen molar-refractivity contribution in [2.75, 3.05) is 17.2 Å². The van der Waals surface area contributed by atoms with Crippen LogP contribution in [-0.2, 0) is 20.0 Å². The Kier molecular flexibility index (Phi) is 3.67. The number of carbonyl (C=O) groups is 1. The van der Waals surface area contributed by atoms with E-state index in [0.29, 0.717) is 0 Å². The smallest absolute Gasteiger partial charge is 0.399 e. The molecule has 0 bridgehead atoms. The summed E-state index contributed by atoms with van der Waals surface area (Å²) in [6, 6.07) is -0.614. The Labute approximate surface area is 115 Å². The molecule has 0 aromatic carbocycles. The Morgan fingerprint density at radius 2 is 2.05 bits per heavy atom. The molecule has 0 aliphatic carbocycles. The van der Waals surface area contributed by atoms with E-state index in [2.05, 4.69) is 14.6 Å². The summed E-state index contributed by atoms with van der Waals surface area (Å²) in [5.41, 5.74) is 0. The normalized spacial score (nSPS) is 20.7. The number of carbonyl (C=O) groups excluding carboxylic acids is 1. The highest BCUT2D eigenvalue weighted by Gasteiger charge is 2.41. The van der Waals surface area contributed by atoms with Crippen LogP contribution in [0.3, 0.4) is 0 Å². The molecule has 112 valence electrons. The predicted octanol–water partition coefficient (Wildman–Crippen LogP) is 1.01. The van der Waals surface area contributed by atoms with E-state index in [0.717, 1.165) is 4.90 Å². The van der Waals surface area contributed by atoms with Crippen LogP contribution in [0.25, 0.3) is 0 Å². The van der Waals surface area contributed by atoms with E-state index in [1.165, 1.54) is 0 Å². The molecule has 20 heavy (non-hydrogen) atoms. The Morgan fingerprint density at radius 3 is 2.55 bits per heavy atom. The lowest BCUT2D eigenvalue weighted by Crippen LogP contribution is -2.25. The van der Waals surface area contributed by atoms with Crippen LogP contribution >= 0.6 is 10.7 Å². The molecule has 2 rings (SSSR count). The summed E-state index contributed by atoms with van der Waals surface area (Å²) in [6.45, 7) is -0.149. The SMILES string of the molecule is O=C1CC(CS(=O)(=O)Cl)CN1c1nnc(C(F)(F)F)o1. The van der Waals surface area contributed by atoms with Crippen molar-refractivity contribution in [2.45, 2.75) is 12.6 Å². The van der Waals surface area contributed by atoms with Gasteiger partial charge in [0.2, 0.25) is 15.0 Å². The Morgan fingerprint density at radius 1 is 1.40 bits per heavy atom. The van der Waals surface area contributed by atoms with Gasteiger partial charge in [-0.3, -0.25) is 9.69 Å². The molecule has 1 atom stereocenters. The number of rotatable bonds is 3. The number of nitrogens with zero attached hydrogens (tertiary/aromatic N) is 3. The van der Waals surface area contributed by atoms with Gasteiger partial charge in [0.25, 0.3) is 0 Å². The first-order valence-corrected chi connectivity index (χ1v) is 7.67. The molecule has 1 aliphatic rings. The van der Waals surface area contributed by atoms with Crippen LogP contribution in [0.4, 0.5) is 19.2 Å². The van der Waals surface area contributed by atoms with Crippen LogP contribution in [0.15, 0.2) is 4.42 Å². The largest absolute Gasteiger partial charge is 0.470 e. The number of alkyl halides is 3. The van der Waals surface area contributed by atoms with E-state index < -0.39 is 44.7 Å². The van der Waals surface area contributed by atoms with Gasteiger partial charge in [-0.15, -0.1) is 5.10 Å². The molecule has 1 unspecified atom stereocenters. The molecule has 1 amide bonds. The second kappa shape index (κ2) is 4.88. The van der Waals surface area contributed by atoms with Gasteiger partial charge in [-0.1, -0.05) is 5.10 Å². The molecular weight excluding hydrogens is 327 g/mol. The topological polar surface area (TPSA) is 93.4 Å². The van der Waals surface area contributed by atoms with Crippen molar-refractivity contribution in [3.63, 3.8) is 0 Å². The minimum atomic E-state index is -4.81. The molecule has 0 N–H and O–H groups in total. The minimum Gasteiger partial charge on any atom is -0.399 e. The maximum absolute atomic E-state index is 12.3. The molecule has 0 saturated carbocycles. The number of hydrogen-bond donors (Lipinski definition) is 0. The lowest BCUT2D eigenvalue weighted by Gasteiger charge is -2.10. The first kappa shape index (κ1) is 15.0. The zero-order valence-electron chi connectivity index (χ0n) is 9.59. The second-order valence-corrected chi connectivity index (χ2v) is 6.99. The average Bonchev–Trinajstić information content (AvgIpc) is 2.81. The van der Waals surface area contributed by atoms with Crippen LogP contribution in [0.5, 0.6) is 0 Å². The van der Waals surface area contributed by atoms with E-state index in [1.54, 1.807) is 0 Å². The van der Waals surface area contributed by atoms with Crippen LogP contribution < -0.4 is 4.90 Å². The fraction of sp³-hybridized carbons (Fsp3) is 0.625. The second-order valence-electron chi connectivity index (χ2n) is 4.17. The standard InChI is InChI=1S/C8H7ClF3N3O4S/c9-20(17,18)3-4-1-5(16)15(2-4)7-14-13-6(19-7)8(10,11)12/h4H,1-3H2. The quantitative estimate of drug-likeness (QED) is 0.766. The molecule has 1 aromatic heterocycles. The molecule has 0 radical (unpaired) electrons. The molecule has 12 heteroatoms. The average molecular weight is 334 g/mol. The number of amides is 1. The van der Waals surface area contributed by atoms with Gasteiger partial charge in [0.15, 0.2) is 0 Å². The predicted molar refractivity (Wildman–Crippen MR) is 59.4 cm³/mol. The number of halogens is 4. The van der Waals surface area contributed by atoms with Gasteiger partial charge < -0.3 is 4.42 Å². The van der Waals surface area contributed by atoms with Crippen LogP contribution in [-0.4, -0.2) is 36.8 Å². The molecule has 1 aliphatic heterocycles. The molecule has 1 fully saturated rings. The maximum atomic E-state index is 12.3. The highest BCUT2D eigenvalue weighted by molar-refractivity contribution is 8.13. The molecule has 7 nitrogen and oxygen atoms in total. The summed E-state index contributed by atoms with van der Waals surface area (Å²) >= 11 is 0. The number of anilines is 1. The first-order chi connectivity index (χ1) is 9.06. The summed E-state index contributed by atoms with van der Waals surface area (Å²) in [7, 11) is 1.25. The lowest BCUT2D eigenvalue weighted by molar-refractivity contribution is -0.157. The van der Waals surface area contributed by atoms with Gasteiger partial charge in [0.1, 0.15) is 0 Å². The monoisotopic (exact) mass is 333 g/mol. The van der Waals surface area contributed by atoms with Gasteiger partial charge in [0, 0.05) is 29.6 Å². The van der Waals surface area contributed by atoms with Crippen LogP contribution in [0, 0.1) is 5.92 Å². The highest BCUT2D eigenvalue weighted by atomic mass is 35.7. The minimum absolute atomic E-state index is 0.149. The first-order valence-electron chi connectivity index (χ1n) is 5.19. The Bertz CT molecular complexity index is 629. The van der Waals surface area contributed by atoms with Crippen LogP contribution in [0.1, 0.15) is 12.3 Å². The lowest BCUT2D eigenvalue weighted by atomic mass is 10.1. The van der Waals surface area contributed by atoms with Gasteiger partial charge >= 0.3 is 18.1 Å². The Balaban J connectivity index is 2.14. The third kappa shape index (κ3) is 3.39. The Hall–Kier alpha value is -1.36. The summed E-state index contributed by atoms with van der Waals surface area (Å²) in [6.07, 6.45) is -4.98. The summed E-state index contributed by atoms with van der Waals surface area (Å²) in [4.78, 5) is 12.4. The molecule has 0 spiro atoms. The van der Waals surface area contributed by atoms with Gasteiger partial charge in [0.05, 0.1) is 5.75 Å². The van der Waals surface area contributed by atoms with E-state index in [4.69, 9.17) is 10.7 Å². The van der Waals surface area contributed by atoms with Crippen molar-refractivity contribution >= 4 is 31.7 Å². The number of aromatic nitrogens is 2. The van der Waals surface area contributed by atoms with E-state index in [9.17, 15) is 26.4 Å². The van der Waals surface area contributed by atoms with Crippen molar-refractivity contribution in [3.8, 4) is 0 Å². The van der Waals surface area contributed by atoms with Crippen molar-refractivity contribution in [2.24, 2.45) is 5.92 Å². The maximum Gasteiger partial charge on any atom is 0.470 e. The highest BCUT2D eigenvalue weighted by Crippen LogP contribution is 2.31. The molecule has 2 heterocycles. The van der Waals surface area contributed by atoms with Gasteiger partial charge in [-0.25, -0.2) is 8.42 Å². The third-order valence-corrected chi connectivity index (χ3v) is 3.78. The van der Waals surface area contributed by atoms with Crippen LogP contribution in [0.2, 0.25) is 0 Å². The molecule has 1 saturated heterocycles. The van der Waals surface area contributed by atoms with Crippen molar-refractivity contribution in [1.82, 2.24) is 10.2 Å². The zero-order valence-corrected chi connectivity index (χ0v) is 11.2. The fourth-order valence-electron chi connectivity index (χ4n) is 1.80. The molecular formula is C8H7ClF3N3O4S. The van der Waals surface area contributed by atoms with E-state index in [1.807, 2.05) is 0 Å². The van der Waals surface area contributed by atoms with Crippen molar-refractivity contribution in [3.05, 3.63) is 5.89 Å². The van der Waals surface area contributed by atoms with Gasteiger partial charge in [-0.05, 0) is 0 Å². The summed E-state index contributed by atoms with van der Waals surface area (Å²) in [5, 5.41) is 5.92. The van der Waals surface area contributed by atoms with Crippen molar-refractivity contribution < 1.29 is 30.8 Å². The fourth-order valence-corrected chi connectivity index (χ4v) is 3.12.